The van der Waals surface area contributed by atoms with Crippen LogP contribution in [0.3, 0.4) is 0 Å². The zero-order chi connectivity index (χ0) is 12.8. The molecule has 0 aromatic heterocycles. The molecule has 1 fully saturated rings. The predicted molar refractivity (Wildman–Crippen MR) is 69.2 cm³/mol. The molecule has 0 spiro atoms. The summed E-state index contributed by atoms with van der Waals surface area (Å²) in [5.74, 6) is 0.691. The standard InChI is InChI=1S/C15H20O3/c1-17-15(16)10-13-4-2-3-5-14(13)11-18-9-8-12-6-7-12/h2-5,12H,6-11H2,1H3. The van der Waals surface area contributed by atoms with Crippen molar-refractivity contribution in [1.82, 2.24) is 0 Å². The van der Waals surface area contributed by atoms with Crippen molar-refractivity contribution in [3.8, 4) is 0 Å². The molecule has 18 heavy (non-hydrogen) atoms. The first-order valence-corrected chi connectivity index (χ1v) is 6.51. The molecular formula is C15H20O3. The Morgan fingerprint density at radius 3 is 2.67 bits per heavy atom. The van der Waals surface area contributed by atoms with Crippen LogP contribution in [0.25, 0.3) is 0 Å². The van der Waals surface area contributed by atoms with Crippen molar-refractivity contribution < 1.29 is 14.3 Å². The summed E-state index contributed by atoms with van der Waals surface area (Å²) in [6, 6.07) is 7.87. The minimum absolute atomic E-state index is 0.208. The van der Waals surface area contributed by atoms with E-state index in [4.69, 9.17) is 9.47 Å². The van der Waals surface area contributed by atoms with Gasteiger partial charge in [0.05, 0.1) is 20.1 Å². The van der Waals surface area contributed by atoms with Gasteiger partial charge in [0.25, 0.3) is 0 Å². The fourth-order valence-corrected chi connectivity index (χ4v) is 1.94. The predicted octanol–water partition coefficient (Wildman–Crippen LogP) is 2.72. The van der Waals surface area contributed by atoms with Crippen LogP contribution < -0.4 is 0 Å². The first kappa shape index (κ1) is 13.1. The zero-order valence-electron chi connectivity index (χ0n) is 10.9. The molecule has 98 valence electrons. The maximum Gasteiger partial charge on any atom is 0.309 e. The van der Waals surface area contributed by atoms with Gasteiger partial charge in [-0.1, -0.05) is 37.1 Å². The van der Waals surface area contributed by atoms with Crippen LogP contribution in [0.1, 0.15) is 30.4 Å². The average molecular weight is 248 g/mol. The number of ether oxygens (including phenoxy) is 2. The minimum atomic E-state index is -0.208. The van der Waals surface area contributed by atoms with Gasteiger partial charge in [0, 0.05) is 6.61 Å². The molecule has 0 bridgehead atoms. The average Bonchev–Trinajstić information content (AvgIpc) is 3.20. The Balaban J connectivity index is 1.83. The first-order chi connectivity index (χ1) is 8.79. The van der Waals surface area contributed by atoms with E-state index in [0.717, 1.165) is 23.7 Å². The molecule has 0 aliphatic heterocycles. The van der Waals surface area contributed by atoms with E-state index in [9.17, 15) is 4.79 Å². The van der Waals surface area contributed by atoms with E-state index in [1.807, 2.05) is 24.3 Å². The van der Waals surface area contributed by atoms with Gasteiger partial charge in [0.15, 0.2) is 0 Å². The van der Waals surface area contributed by atoms with Crippen LogP contribution in [0, 0.1) is 5.92 Å². The second-order valence-corrected chi connectivity index (χ2v) is 4.81. The lowest BCUT2D eigenvalue weighted by atomic mass is 10.1. The quantitative estimate of drug-likeness (QED) is 0.550. The Morgan fingerprint density at radius 2 is 2.00 bits per heavy atom. The summed E-state index contributed by atoms with van der Waals surface area (Å²) < 4.78 is 10.4. The fraction of sp³-hybridized carbons (Fsp3) is 0.533. The number of hydrogen-bond donors (Lipinski definition) is 0. The molecule has 0 saturated heterocycles. The fourth-order valence-electron chi connectivity index (χ4n) is 1.94. The number of carbonyl (C=O) groups is 1. The highest BCUT2D eigenvalue weighted by Crippen LogP contribution is 2.32. The Kier molecular flexibility index (Phi) is 4.76. The number of esters is 1. The van der Waals surface area contributed by atoms with Crippen molar-refractivity contribution in [2.45, 2.75) is 32.3 Å². The topological polar surface area (TPSA) is 35.5 Å². The van der Waals surface area contributed by atoms with Crippen LogP contribution in [0.4, 0.5) is 0 Å². The third-order valence-corrected chi connectivity index (χ3v) is 3.31. The smallest absolute Gasteiger partial charge is 0.309 e. The van der Waals surface area contributed by atoms with Gasteiger partial charge >= 0.3 is 5.97 Å². The Labute approximate surface area is 108 Å². The van der Waals surface area contributed by atoms with E-state index < -0.39 is 0 Å². The Morgan fingerprint density at radius 1 is 1.28 bits per heavy atom. The molecule has 0 unspecified atom stereocenters. The molecule has 1 aliphatic rings. The van der Waals surface area contributed by atoms with E-state index in [2.05, 4.69) is 0 Å². The molecule has 0 heterocycles. The summed E-state index contributed by atoms with van der Waals surface area (Å²) in [4.78, 5) is 11.3. The van der Waals surface area contributed by atoms with E-state index in [1.54, 1.807) is 0 Å². The van der Waals surface area contributed by atoms with Crippen LogP contribution in [0.2, 0.25) is 0 Å². The van der Waals surface area contributed by atoms with E-state index in [-0.39, 0.29) is 5.97 Å². The maximum absolute atomic E-state index is 11.3. The van der Waals surface area contributed by atoms with Crippen LogP contribution >= 0.6 is 0 Å². The van der Waals surface area contributed by atoms with Gasteiger partial charge in [0.2, 0.25) is 0 Å². The van der Waals surface area contributed by atoms with Crippen molar-refractivity contribution in [3.63, 3.8) is 0 Å². The summed E-state index contributed by atoms with van der Waals surface area (Å²) in [5.41, 5.74) is 2.08. The number of carbonyl (C=O) groups excluding carboxylic acids is 1. The molecule has 2 rings (SSSR count). The van der Waals surface area contributed by atoms with E-state index >= 15 is 0 Å². The van der Waals surface area contributed by atoms with E-state index in [1.165, 1.54) is 26.4 Å². The largest absolute Gasteiger partial charge is 0.469 e. The Bertz CT molecular complexity index is 396. The summed E-state index contributed by atoms with van der Waals surface area (Å²) >= 11 is 0. The second-order valence-electron chi connectivity index (χ2n) is 4.81. The second kappa shape index (κ2) is 6.55. The lowest BCUT2D eigenvalue weighted by molar-refractivity contribution is -0.139. The number of methoxy groups -OCH3 is 1. The molecule has 3 heteroatoms. The molecule has 0 N–H and O–H groups in total. The lowest BCUT2D eigenvalue weighted by Crippen LogP contribution is -2.08. The maximum atomic E-state index is 11.3. The van der Waals surface area contributed by atoms with Gasteiger partial charge in [-0.05, 0) is 23.5 Å². The first-order valence-electron chi connectivity index (χ1n) is 6.51. The van der Waals surface area contributed by atoms with Crippen molar-refractivity contribution >= 4 is 5.97 Å². The van der Waals surface area contributed by atoms with Crippen molar-refractivity contribution in [2.75, 3.05) is 13.7 Å². The molecule has 0 atom stereocenters. The monoisotopic (exact) mass is 248 g/mol. The third kappa shape index (κ3) is 4.15. The van der Waals surface area contributed by atoms with Gasteiger partial charge in [-0.2, -0.15) is 0 Å². The van der Waals surface area contributed by atoms with Crippen LogP contribution in [0.15, 0.2) is 24.3 Å². The third-order valence-electron chi connectivity index (χ3n) is 3.31. The molecule has 1 aromatic rings. The van der Waals surface area contributed by atoms with E-state index in [0.29, 0.717) is 13.0 Å². The highest BCUT2D eigenvalue weighted by molar-refractivity contribution is 5.72. The Hall–Kier alpha value is -1.35. The number of hydrogen-bond acceptors (Lipinski definition) is 3. The van der Waals surface area contributed by atoms with Crippen molar-refractivity contribution in [1.29, 1.82) is 0 Å². The molecule has 0 amide bonds. The van der Waals surface area contributed by atoms with Gasteiger partial charge in [-0.3, -0.25) is 4.79 Å². The number of rotatable bonds is 7. The number of benzene rings is 1. The van der Waals surface area contributed by atoms with Crippen LogP contribution in [0.5, 0.6) is 0 Å². The van der Waals surface area contributed by atoms with Gasteiger partial charge in [-0.25, -0.2) is 0 Å². The molecule has 3 nitrogen and oxygen atoms in total. The molecular weight excluding hydrogens is 228 g/mol. The van der Waals surface area contributed by atoms with Gasteiger partial charge in [0.1, 0.15) is 0 Å². The summed E-state index contributed by atoms with van der Waals surface area (Å²) in [6.07, 6.45) is 4.21. The molecule has 1 saturated carbocycles. The van der Waals surface area contributed by atoms with Crippen molar-refractivity contribution in [3.05, 3.63) is 35.4 Å². The summed E-state index contributed by atoms with van der Waals surface area (Å²) in [7, 11) is 1.41. The lowest BCUT2D eigenvalue weighted by Gasteiger charge is -2.09. The van der Waals surface area contributed by atoms with Crippen LogP contribution in [-0.2, 0) is 27.3 Å². The zero-order valence-corrected chi connectivity index (χ0v) is 10.9. The summed E-state index contributed by atoms with van der Waals surface area (Å²) in [6.45, 7) is 1.40. The SMILES string of the molecule is COC(=O)Cc1ccccc1COCCC1CC1. The molecule has 1 aromatic carbocycles. The van der Waals surface area contributed by atoms with Gasteiger partial charge < -0.3 is 9.47 Å². The van der Waals surface area contributed by atoms with Gasteiger partial charge in [-0.15, -0.1) is 0 Å². The minimum Gasteiger partial charge on any atom is -0.469 e. The summed E-state index contributed by atoms with van der Waals surface area (Å²) in [5, 5.41) is 0. The molecule has 1 aliphatic carbocycles. The van der Waals surface area contributed by atoms with Crippen molar-refractivity contribution in [2.24, 2.45) is 5.92 Å². The van der Waals surface area contributed by atoms with Crippen LogP contribution in [-0.4, -0.2) is 19.7 Å². The molecule has 0 radical (unpaired) electrons. The normalized spacial score (nSPS) is 14.5. The highest BCUT2D eigenvalue weighted by Gasteiger charge is 2.20. The highest BCUT2D eigenvalue weighted by atomic mass is 16.5.